The minimum Gasteiger partial charge on any atom is -0.383 e. The van der Waals surface area contributed by atoms with E-state index >= 15 is 0 Å². The van der Waals surface area contributed by atoms with E-state index in [0.29, 0.717) is 14.5 Å². The highest BCUT2D eigenvalue weighted by Gasteiger charge is 2.22. The van der Waals surface area contributed by atoms with Crippen LogP contribution in [0.2, 0.25) is 8.67 Å². The first kappa shape index (κ1) is 14.9. The number of aromatic nitrogens is 2. The molecule has 3 nitrogen and oxygen atoms in total. The van der Waals surface area contributed by atoms with Crippen LogP contribution in [0.4, 0.5) is 5.82 Å². The smallest absolute Gasteiger partial charge is 0.129 e. The fourth-order valence-electron chi connectivity index (χ4n) is 2.16. The second kappa shape index (κ2) is 5.65. The van der Waals surface area contributed by atoms with Gasteiger partial charge >= 0.3 is 0 Å². The fraction of sp³-hybridized carbons (Fsp3) is 0.0714. The maximum Gasteiger partial charge on any atom is 0.129 e. The van der Waals surface area contributed by atoms with Gasteiger partial charge in [0.15, 0.2) is 0 Å². The molecule has 2 heterocycles. The third-order valence-corrected chi connectivity index (χ3v) is 5.33. The SMILES string of the molecule is Cn1nc(-c2cc(Cl)sc2Cl)c(-c2ccccc2Br)c1N. The molecular formula is C14H10BrCl2N3S. The lowest BCUT2D eigenvalue weighted by molar-refractivity contribution is 0.782. The van der Waals surface area contributed by atoms with Gasteiger partial charge in [0.25, 0.3) is 0 Å². The van der Waals surface area contributed by atoms with Crippen LogP contribution < -0.4 is 5.73 Å². The first-order chi connectivity index (χ1) is 9.99. The highest BCUT2D eigenvalue weighted by Crippen LogP contribution is 2.44. The quantitative estimate of drug-likeness (QED) is 0.617. The lowest BCUT2D eigenvalue weighted by Gasteiger charge is -2.06. The Kier molecular flexibility index (Phi) is 4.01. The Morgan fingerprint density at radius 3 is 2.57 bits per heavy atom. The summed E-state index contributed by atoms with van der Waals surface area (Å²) >= 11 is 17.2. The molecule has 0 radical (unpaired) electrons. The molecule has 0 aliphatic heterocycles. The van der Waals surface area contributed by atoms with E-state index in [9.17, 15) is 0 Å². The summed E-state index contributed by atoms with van der Waals surface area (Å²) in [6, 6.07) is 9.68. The van der Waals surface area contributed by atoms with Crippen LogP contribution in [0.3, 0.4) is 0 Å². The van der Waals surface area contributed by atoms with E-state index in [0.717, 1.165) is 26.9 Å². The maximum atomic E-state index is 6.27. The third kappa shape index (κ3) is 2.59. The highest BCUT2D eigenvalue weighted by atomic mass is 79.9. The molecule has 7 heteroatoms. The van der Waals surface area contributed by atoms with Gasteiger partial charge in [-0.3, -0.25) is 4.68 Å². The number of thiophene rings is 1. The molecule has 2 N–H and O–H groups in total. The molecule has 0 atom stereocenters. The Bertz CT molecular complexity index is 826. The zero-order valence-corrected chi connectivity index (χ0v) is 14.8. The molecule has 0 aliphatic carbocycles. The molecule has 3 rings (SSSR count). The van der Waals surface area contributed by atoms with Crippen LogP contribution in [-0.4, -0.2) is 9.78 Å². The summed E-state index contributed by atoms with van der Waals surface area (Å²) in [7, 11) is 1.81. The number of nitrogen functional groups attached to an aromatic ring is 1. The summed E-state index contributed by atoms with van der Waals surface area (Å²) in [6.45, 7) is 0. The average Bonchev–Trinajstić information content (AvgIpc) is 2.91. The average molecular weight is 403 g/mol. The second-order valence-electron chi connectivity index (χ2n) is 4.45. The number of nitrogens with zero attached hydrogens (tertiary/aromatic N) is 2. The first-order valence-electron chi connectivity index (χ1n) is 6.01. The van der Waals surface area contributed by atoms with Gasteiger partial charge in [0, 0.05) is 22.6 Å². The molecule has 0 amide bonds. The van der Waals surface area contributed by atoms with E-state index in [1.807, 2.05) is 30.3 Å². The van der Waals surface area contributed by atoms with Gasteiger partial charge in [0.2, 0.25) is 0 Å². The standard InChI is InChI=1S/C14H10BrCl2N3S/c1-20-14(18)11(7-4-2-3-5-9(7)15)12(19-20)8-6-10(16)21-13(8)17/h2-6H,18H2,1H3. The highest BCUT2D eigenvalue weighted by molar-refractivity contribution is 9.10. The van der Waals surface area contributed by atoms with Gasteiger partial charge in [-0.05, 0) is 12.1 Å². The third-order valence-electron chi connectivity index (χ3n) is 3.15. The molecule has 0 unspecified atom stereocenters. The summed E-state index contributed by atoms with van der Waals surface area (Å²) < 4.78 is 3.82. The maximum absolute atomic E-state index is 6.27. The molecule has 2 aromatic heterocycles. The topological polar surface area (TPSA) is 43.8 Å². The number of benzene rings is 1. The van der Waals surface area contributed by atoms with Crippen LogP contribution in [0.15, 0.2) is 34.8 Å². The lowest BCUT2D eigenvalue weighted by atomic mass is 10.0. The number of nitrogens with two attached hydrogens (primary N) is 1. The van der Waals surface area contributed by atoms with Crippen LogP contribution in [0.5, 0.6) is 0 Å². The minimum atomic E-state index is 0.579. The number of hydrogen-bond acceptors (Lipinski definition) is 3. The number of rotatable bonds is 2. The van der Waals surface area contributed by atoms with Crippen LogP contribution in [-0.2, 0) is 7.05 Å². The molecule has 3 aromatic rings. The van der Waals surface area contributed by atoms with E-state index < -0.39 is 0 Å². The van der Waals surface area contributed by atoms with Crippen LogP contribution in [0, 0.1) is 0 Å². The number of hydrogen-bond donors (Lipinski definition) is 1. The van der Waals surface area contributed by atoms with Crippen molar-refractivity contribution in [1.82, 2.24) is 9.78 Å². The predicted octanol–water partition coefficient (Wildman–Crippen LogP) is 5.47. The predicted molar refractivity (Wildman–Crippen MR) is 94.1 cm³/mol. The van der Waals surface area contributed by atoms with Gasteiger partial charge in [-0.2, -0.15) is 5.10 Å². The molecule has 0 saturated heterocycles. The molecular weight excluding hydrogens is 393 g/mol. The summed E-state index contributed by atoms with van der Waals surface area (Å²) in [5.74, 6) is 0.579. The van der Waals surface area contributed by atoms with Crippen LogP contribution >= 0.6 is 50.5 Å². The van der Waals surface area contributed by atoms with Crippen molar-refractivity contribution in [3.63, 3.8) is 0 Å². The summed E-state index contributed by atoms with van der Waals surface area (Å²) in [5, 5.41) is 4.51. The summed E-state index contributed by atoms with van der Waals surface area (Å²) in [5.41, 5.74) is 9.55. The number of aryl methyl sites for hydroxylation is 1. The van der Waals surface area contributed by atoms with Gasteiger partial charge in [-0.15, -0.1) is 11.3 Å². The largest absolute Gasteiger partial charge is 0.383 e. The van der Waals surface area contributed by atoms with Gasteiger partial charge in [0.05, 0.1) is 9.90 Å². The Morgan fingerprint density at radius 2 is 1.95 bits per heavy atom. The molecule has 0 fully saturated rings. The van der Waals surface area contributed by atoms with E-state index in [4.69, 9.17) is 28.9 Å². The van der Waals surface area contributed by atoms with Crippen LogP contribution in [0.1, 0.15) is 0 Å². The molecule has 1 aromatic carbocycles. The van der Waals surface area contributed by atoms with Crippen molar-refractivity contribution >= 4 is 56.3 Å². The van der Waals surface area contributed by atoms with Crippen molar-refractivity contribution in [1.29, 1.82) is 0 Å². The number of halogens is 3. The molecule has 21 heavy (non-hydrogen) atoms. The lowest BCUT2D eigenvalue weighted by Crippen LogP contribution is -1.98. The number of anilines is 1. The summed E-state index contributed by atoms with van der Waals surface area (Å²) in [6.07, 6.45) is 0. The minimum absolute atomic E-state index is 0.579. The van der Waals surface area contributed by atoms with Crippen molar-refractivity contribution in [2.75, 3.05) is 5.73 Å². The Labute approximate surface area is 144 Å². The second-order valence-corrected chi connectivity index (χ2v) is 7.59. The van der Waals surface area contributed by atoms with Gasteiger partial charge in [-0.1, -0.05) is 57.3 Å². The van der Waals surface area contributed by atoms with Crippen molar-refractivity contribution in [2.24, 2.45) is 7.05 Å². The van der Waals surface area contributed by atoms with Crippen molar-refractivity contribution < 1.29 is 0 Å². The fourth-order valence-corrected chi connectivity index (χ4v) is 4.11. The zero-order valence-electron chi connectivity index (χ0n) is 10.9. The van der Waals surface area contributed by atoms with Crippen molar-refractivity contribution in [3.05, 3.63) is 43.5 Å². The van der Waals surface area contributed by atoms with Crippen molar-refractivity contribution in [2.45, 2.75) is 0 Å². The van der Waals surface area contributed by atoms with E-state index in [-0.39, 0.29) is 0 Å². The Hall–Kier alpha value is -1.01. The van der Waals surface area contributed by atoms with Gasteiger partial charge in [-0.25, -0.2) is 0 Å². The monoisotopic (exact) mass is 401 g/mol. The normalized spacial score (nSPS) is 11.0. The van der Waals surface area contributed by atoms with Crippen LogP contribution in [0.25, 0.3) is 22.4 Å². The Balaban J connectivity index is 2.31. The zero-order chi connectivity index (χ0) is 15.1. The summed E-state index contributed by atoms with van der Waals surface area (Å²) in [4.78, 5) is 0. The van der Waals surface area contributed by atoms with Crippen molar-refractivity contribution in [3.8, 4) is 22.4 Å². The van der Waals surface area contributed by atoms with E-state index in [1.165, 1.54) is 11.3 Å². The van der Waals surface area contributed by atoms with E-state index in [1.54, 1.807) is 11.7 Å². The van der Waals surface area contributed by atoms with Gasteiger partial charge < -0.3 is 5.73 Å². The molecule has 0 aliphatic rings. The Morgan fingerprint density at radius 1 is 1.24 bits per heavy atom. The molecule has 0 bridgehead atoms. The van der Waals surface area contributed by atoms with Gasteiger partial charge in [0.1, 0.15) is 15.8 Å². The molecule has 108 valence electrons. The van der Waals surface area contributed by atoms with E-state index in [2.05, 4.69) is 21.0 Å². The molecule has 0 saturated carbocycles. The first-order valence-corrected chi connectivity index (χ1v) is 8.38. The molecule has 0 spiro atoms.